The summed E-state index contributed by atoms with van der Waals surface area (Å²) in [5.41, 5.74) is 7.68. The molecular formula is C15H20N2O2. The van der Waals surface area contributed by atoms with Crippen molar-refractivity contribution in [1.82, 2.24) is 0 Å². The molecule has 2 atom stereocenters. The van der Waals surface area contributed by atoms with Crippen molar-refractivity contribution in [2.45, 2.75) is 38.1 Å². The predicted octanol–water partition coefficient (Wildman–Crippen LogP) is 2.74. The molecule has 0 bridgehead atoms. The lowest BCUT2D eigenvalue weighted by Crippen LogP contribution is -2.43. The third-order valence-corrected chi connectivity index (χ3v) is 4.55. The second kappa shape index (κ2) is 4.76. The number of carbonyl (C=O) groups is 1. The fourth-order valence-electron chi connectivity index (χ4n) is 3.72. The first kappa shape index (κ1) is 12.3. The van der Waals surface area contributed by atoms with Crippen LogP contribution in [0.3, 0.4) is 0 Å². The highest BCUT2D eigenvalue weighted by Gasteiger charge is 2.36. The standard InChI is InChI=1S/C15H20N2O2/c16-11-6-7-12(15(18)19)14(9-11)17-8-2-4-10-3-1-5-13(10)17/h6-7,9-10,13H,1-5,8,16H2,(H,18,19). The second-order valence-electron chi connectivity index (χ2n) is 5.68. The molecule has 102 valence electrons. The van der Waals surface area contributed by atoms with E-state index >= 15 is 0 Å². The van der Waals surface area contributed by atoms with Gasteiger partial charge in [0.2, 0.25) is 0 Å². The van der Waals surface area contributed by atoms with E-state index in [4.69, 9.17) is 5.73 Å². The molecule has 2 unspecified atom stereocenters. The van der Waals surface area contributed by atoms with E-state index in [9.17, 15) is 9.90 Å². The average molecular weight is 260 g/mol. The van der Waals surface area contributed by atoms with Crippen molar-refractivity contribution in [2.75, 3.05) is 17.2 Å². The van der Waals surface area contributed by atoms with Crippen LogP contribution in [0.5, 0.6) is 0 Å². The molecule has 4 heteroatoms. The molecule has 3 N–H and O–H groups in total. The first-order valence-electron chi connectivity index (χ1n) is 7.06. The molecule has 1 saturated carbocycles. The summed E-state index contributed by atoms with van der Waals surface area (Å²) in [7, 11) is 0. The summed E-state index contributed by atoms with van der Waals surface area (Å²) in [6, 6.07) is 5.63. The quantitative estimate of drug-likeness (QED) is 0.802. The van der Waals surface area contributed by atoms with Gasteiger partial charge < -0.3 is 15.7 Å². The highest BCUT2D eigenvalue weighted by atomic mass is 16.4. The third-order valence-electron chi connectivity index (χ3n) is 4.55. The highest BCUT2D eigenvalue weighted by molar-refractivity contribution is 5.95. The highest BCUT2D eigenvalue weighted by Crippen LogP contribution is 2.40. The zero-order valence-corrected chi connectivity index (χ0v) is 11.0. The Kier molecular flexibility index (Phi) is 3.09. The van der Waals surface area contributed by atoms with Crippen LogP contribution < -0.4 is 10.6 Å². The van der Waals surface area contributed by atoms with Crippen molar-refractivity contribution in [2.24, 2.45) is 5.92 Å². The van der Waals surface area contributed by atoms with Gasteiger partial charge in [-0.2, -0.15) is 0 Å². The van der Waals surface area contributed by atoms with Crippen LogP contribution in [0.4, 0.5) is 11.4 Å². The van der Waals surface area contributed by atoms with E-state index in [1.54, 1.807) is 12.1 Å². The number of carboxylic acid groups (broad SMARTS) is 1. The molecule has 1 aliphatic carbocycles. The largest absolute Gasteiger partial charge is 0.478 e. The van der Waals surface area contributed by atoms with E-state index in [1.807, 2.05) is 6.07 Å². The van der Waals surface area contributed by atoms with Crippen LogP contribution in [0.15, 0.2) is 18.2 Å². The summed E-state index contributed by atoms with van der Waals surface area (Å²) in [4.78, 5) is 13.7. The molecule has 2 aliphatic rings. The maximum absolute atomic E-state index is 11.4. The summed E-state index contributed by atoms with van der Waals surface area (Å²) in [6.45, 7) is 0.949. The van der Waals surface area contributed by atoms with Crippen LogP contribution in [0.25, 0.3) is 0 Å². The van der Waals surface area contributed by atoms with Crippen molar-refractivity contribution in [3.05, 3.63) is 23.8 Å². The first-order valence-corrected chi connectivity index (χ1v) is 7.06. The molecular weight excluding hydrogens is 240 g/mol. The minimum absolute atomic E-state index is 0.377. The van der Waals surface area contributed by atoms with Gasteiger partial charge in [-0.25, -0.2) is 4.79 Å². The van der Waals surface area contributed by atoms with E-state index in [-0.39, 0.29) is 0 Å². The van der Waals surface area contributed by atoms with Crippen molar-refractivity contribution >= 4 is 17.3 Å². The van der Waals surface area contributed by atoms with Crippen molar-refractivity contribution in [1.29, 1.82) is 0 Å². The SMILES string of the molecule is Nc1ccc(C(=O)O)c(N2CCCC3CCCC32)c1. The number of nitrogens with zero attached hydrogens (tertiary/aromatic N) is 1. The van der Waals surface area contributed by atoms with Crippen LogP contribution in [0, 0.1) is 5.92 Å². The van der Waals surface area contributed by atoms with Crippen LogP contribution in [0.1, 0.15) is 42.5 Å². The first-order chi connectivity index (χ1) is 9.16. The molecule has 1 saturated heterocycles. The summed E-state index contributed by atoms with van der Waals surface area (Å²) >= 11 is 0. The summed E-state index contributed by atoms with van der Waals surface area (Å²) in [5.74, 6) is -0.132. The molecule has 3 rings (SSSR count). The van der Waals surface area contributed by atoms with Gasteiger partial charge >= 0.3 is 5.97 Å². The van der Waals surface area contributed by atoms with Gasteiger partial charge in [-0.1, -0.05) is 6.42 Å². The fraction of sp³-hybridized carbons (Fsp3) is 0.533. The van der Waals surface area contributed by atoms with Gasteiger partial charge in [0.1, 0.15) is 0 Å². The third kappa shape index (κ3) is 2.15. The molecule has 0 spiro atoms. The smallest absolute Gasteiger partial charge is 0.337 e. The number of hydrogen-bond donors (Lipinski definition) is 2. The molecule has 19 heavy (non-hydrogen) atoms. The Labute approximate surface area is 113 Å². The van der Waals surface area contributed by atoms with Crippen molar-refractivity contribution in [3.8, 4) is 0 Å². The maximum Gasteiger partial charge on any atom is 0.337 e. The molecule has 1 aromatic carbocycles. The second-order valence-corrected chi connectivity index (χ2v) is 5.68. The zero-order valence-electron chi connectivity index (χ0n) is 11.0. The van der Waals surface area contributed by atoms with Gasteiger partial charge in [0, 0.05) is 18.3 Å². The number of nitrogens with two attached hydrogens (primary N) is 1. The monoisotopic (exact) mass is 260 g/mol. The molecule has 0 radical (unpaired) electrons. The molecule has 2 fully saturated rings. The number of anilines is 2. The van der Waals surface area contributed by atoms with E-state index in [2.05, 4.69) is 4.90 Å². The van der Waals surface area contributed by atoms with Crippen LogP contribution in [-0.2, 0) is 0 Å². The molecule has 1 aromatic rings. The van der Waals surface area contributed by atoms with Gasteiger partial charge in [-0.15, -0.1) is 0 Å². The normalized spacial score (nSPS) is 26.2. The number of piperidine rings is 1. The minimum Gasteiger partial charge on any atom is -0.478 e. The molecule has 0 amide bonds. The minimum atomic E-state index is -0.866. The molecule has 4 nitrogen and oxygen atoms in total. The van der Waals surface area contributed by atoms with Gasteiger partial charge in [-0.05, 0) is 49.8 Å². The van der Waals surface area contributed by atoms with Gasteiger partial charge in [-0.3, -0.25) is 0 Å². The van der Waals surface area contributed by atoms with Gasteiger partial charge in [0.15, 0.2) is 0 Å². The Balaban J connectivity index is 2.00. The summed E-state index contributed by atoms with van der Waals surface area (Å²) in [6.07, 6.45) is 6.15. The number of rotatable bonds is 2. The lowest BCUT2D eigenvalue weighted by molar-refractivity contribution is 0.0697. The Hall–Kier alpha value is -1.71. The Morgan fingerprint density at radius 2 is 2.05 bits per heavy atom. The lowest BCUT2D eigenvalue weighted by atomic mass is 9.91. The lowest BCUT2D eigenvalue weighted by Gasteiger charge is -2.40. The fourth-order valence-corrected chi connectivity index (χ4v) is 3.72. The Morgan fingerprint density at radius 3 is 2.84 bits per heavy atom. The zero-order chi connectivity index (χ0) is 13.4. The number of aromatic carboxylic acids is 1. The Bertz CT molecular complexity index is 501. The maximum atomic E-state index is 11.4. The van der Waals surface area contributed by atoms with Crippen LogP contribution in [-0.4, -0.2) is 23.7 Å². The van der Waals surface area contributed by atoms with E-state index < -0.39 is 5.97 Å². The topological polar surface area (TPSA) is 66.6 Å². The summed E-state index contributed by atoms with van der Waals surface area (Å²) < 4.78 is 0. The number of nitrogen functional groups attached to an aromatic ring is 1. The van der Waals surface area contributed by atoms with Gasteiger partial charge in [0.05, 0.1) is 11.3 Å². The number of fused-ring (bicyclic) bond motifs is 1. The number of hydrogen-bond acceptors (Lipinski definition) is 3. The van der Waals surface area contributed by atoms with Crippen LogP contribution in [0.2, 0.25) is 0 Å². The molecule has 1 aliphatic heterocycles. The molecule has 1 heterocycles. The number of benzene rings is 1. The average Bonchev–Trinajstić information content (AvgIpc) is 2.86. The predicted molar refractivity (Wildman–Crippen MR) is 75.5 cm³/mol. The van der Waals surface area contributed by atoms with Crippen molar-refractivity contribution < 1.29 is 9.90 Å². The molecule has 0 aromatic heterocycles. The Morgan fingerprint density at radius 1 is 1.26 bits per heavy atom. The van der Waals surface area contributed by atoms with E-state index in [1.165, 1.54) is 25.7 Å². The van der Waals surface area contributed by atoms with E-state index in [0.29, 0.717) is 17.3 Å². The van der Waals surface area contributed by atoms with Crippen molar-refractivity contribution in [3.63, 3.8) is 0 Å². The van der Waals surface area contributed by atoms with Gasteiger partial charge in [0.25, 0.3) is 0 Å². The van der Waals surface area contributed by atoms with E-state index in [0.717, 1.165) is 24.6 Å². The number of carboxylic acids is 1. The summed E-state index contributed by atoms with van der Waals surface area (Å²) in [5, 5.41) is 9.36. The van der Waals surface area contributed by atoms with Crippen LogP contribution >= 0.6 is 0 Å².